The number of carboxylic acid groups (broad SMARTS) is 1. The molecule has 5 nitrogen and oxygen atoms in total. The summed E-state index contributed by atoms with van der Waals surface area (Å²) in [6.07, 6.45) is 0. The van der Waals surface area contributed by atoms with Crippen LogP contribution in [0.1, 0.15) is 12.5 Å². The normalized spacial score (nSPS) is 13.5. The fourth-order valence-electron chi connectivity index (χ4n) is 1.35. The third-order valence-electron chi connectivity index (χ3n) is 2.73. The maximum Gasteiger partial charge on any atom is 0.321 e. The molecule has 1 aromatic carbocycles. The lowest BCUT2D eigenvalue weighted by Gasteiger charge is -2.21. The molecule has 0 bridgehead atoms. The molecule has 1 atom stereocenters. The van der Waals surface area contributed by atoms with E-state index in [1.807, 2.05) is 0 Å². The van der Waals surface area contributed by atoms with Gasteiger partial charge in [-0.15, -0.1) is 0 Å². The SMILES string of the molecule is CC(C(=O)O)N(C)S(=O)(=O)Cc1c(Cl)cccc1Cl. The van der Waals surface area contributed by atoms with Crippen molar-refractivity contribution in [1.82, 2.24) is 4.31 Å². The summed E-state index contributed by atoms with van der Waals surface area (Å²) in [6, 6.07) is 3.49. The largest absolute Gasteiger partial charge is 0.480 e. The molecular weight excluding hydrogens is 313 g/mol. The van der Waals surface area contributed by atoms with Crippen molar-refractivity contribution >= 4 is 39.2 Å². The summed E-state index contributed by atoms with van der Waals surface area (Å²) in [5, 5.41) is 9.29. The number of rotatable bonds is 5. The van der Waals surface area contributed by atoms with Crippen LogP contribution < -0.4 is 0 Å². The van der Waals surface area contributed by atoms with Gasteiger partial charge in [-0.1, -0.05) is 29.3 Å². The lowest BCUT2D eigenvalue weighted by atomic mass is 10.2. The van der Waals surface area contributed by atoms with Crippen LogP contribution in [0.2, 0.25) is 10.0 Å². The van der Waals surface area contributed by atoms with Crippen LogP contribution in [0.4, 0.5) is 0 Å². The van der Waals surface area contributed by atoms with Gasteiger partial charge in [-0.05, 0) is 19.1 Å². The summed E-state index contributed by atoms with van der Waals surface area (Å²) in [6.45, 7) is 1.29. The number of nitrogens with zero attached hydrogens (tertiary/aromatic N) is 1. The molecule has 0 saturated heterocycles. The number of halogens is 2. The molecule has 0 aliphatic carbocycles. The minimum absolute atomic E-state index is 0.229. The van der Waals surface area contributed by atoms with Crippen LogP contribution in [-0.4, -0.2) is 36.9 Å². The predicted molar refractivity (Wildman–Crippen MR) is 73.9 cm³/mol. The van der Waals surface area contributed by atoms with Crippen LogP contribution >= 0.6 is 23.2 Å². The summed E-state index contributed by atoms with van der Waals surface area (Å²) in [4.78, 5) is 10.8. The van der Waals surface area contributed by atoms with E-state index in [4.69, 9.17) is 28.3 Å². The van der Waals surface area contributed by atoms with Crippen LogP contribution in [0.15, 0.2) is 18.2 Å². The van der Waals surface area contributed by atoms with Crippen molar-refractivity contribution in [1.29, 1.82) is 0 Å². The van der Waals surface area contributed by atoms with E-state index in [2.05, 4.69) is 0 Å². The van der Waals surface area contributed by atoms with E-state index in [1.165, 1.54) is 26.1 Å². The third kappa shape index (κ3) is 3.82. The zero-order chi connectivity index (χ0) is 14.8. The first-order valence-electron chi connectivity index (χ1n) is 5.28. The quantitative estimate of drug-likeness (QED) is 0.900. The van der Waals surface area contributed by atoms with E-state index in [1.54, 1.807) is 6.07 Å². The Bertz CT molecular complexity index is 568. The molecule has 0 aromatic heterocycles. The Morgan fingerprint density at radius 1 is 1.37 bits per heavy atom. The number of sulfonamides is 1. The van der Waals surface area contributed by atoms with Crippen LogP contribution in [0.25, 0.3) is 0 Å². The average Bonchev–Trinajstić information content (AvgIpc) is 2.32. The Morgan fingerprint density at radius 2 is 1.84 bits per heavy atom. The van der Waals surface area contributed by atoms with Gasteiger partial charge < -0.3 is 5.11 Å². The van der Waals surface area contributed by atoms with Gasteiger partial charge in [0.15, 0.2) is 0 Å². The minimum Gasteiger partial charge on any atom is -0.480 e. The monoisotopic (exact) mass is 325 g/mol. The molecule has 0 amide bonds. The maximum absolute atomic E-state index is 12.1. The molecule has 1 rings (SSSR count). The van der Waals surface area contributed by atoms with Gasteiger partial charge in [-0.2, -0.15) is 4.31 Å². The van der Waals surface area contributed by atoms with Crippen molar-refractivity contribution < 1.29 is 18.3 Å². The smallest absolute Gasteiger partial charge is 0.321 e. The molecule has 0 spiro atoms. The Hall–Kier alpha value is -0.820. The number of benzene rings is 1. The van der Waals surface area contributed by atoms with Gasteiger partial charge >= 0.3 is 5.97 Å². The molecule has 19 heavy (non-hydrogen) atoms. The van der Waals surface area contributed by atoms with Crippen molar-refractivity contribution in [2.45, 2.75) is 18.7 Å². The van der Waals surface area contributed by atoms with Gasteiger partial charge in [0.1, 0.15) is 6.04 Å². The van der Waals surface area contributed by atoms with Crippen molar-refractivity contribution in [2.75, 3.05) is 7.05 Å². The van der Waals surface area contributed by atoms with E-state index >= 15 is 0 Å². The number of hydrogen-bond acceptors (Lipinski definition) is 3. The summed E-state index contributed by atoms with van der Waals surface area (Å²) in [5.74, 6) is -1.67. The number of hydrogen-bond donors (Lipinski definition) is 1. The van der Waals surface area contributed by atoms with Gasteiger partial charge in [0.2, 0.25) is 10.0 Å². The first-order valence-corrected chi connectivity index (χ1v) is 7.64. The van der Waals surface area contributed by atoms with Gasteiger partial charge in [0.25, 0.3) is 0 Å². The summed E-state index contributed by atoms with van der Waals surface area (Å²) < 4.78 is 25.0. The summed E-state index contributed by atoms with van der Waals surface area (Å²) in [5.41, 5.74) is 0.260. The molecule has 8 heteroatoms. The van der Waals surface area contributed by atoms with Gasteiger partial charge in [-0.3, -0.25) is 4.79 Å². The lowest BCUT2D eigenvalue weighted by molar-refractivity contribution is -0.140. The van der Waals surface area contributed by atoms with Crippen molar-refractivity contribution in [3.05, 3.63) is 33.8 Å². The highest BCUT2D eigenvalue weighted by atomic mass is 35.5. The van der Waals surface area contributed by atoms with Gasteiger partial charge in [0.05, 0.1) is 5.75 Å². The second kappa shape index (κ2) is 6.09. The molecule has 0 radical (unpaired) electrons. The third-order valence-corrected chi connectivity index (χ3v) is 5.29. The number of carbonyl (C=O) groups is 1. The molecule has 1 unspecified atom stereocenters. The first kappa shape index (κ1) is 16.2. The van der Waals surface area contributed by atoms with Crippen LogP contribution in [0.3, 0.4) is 0 Å². The number of carboxylic acids is 1. The number of aliphatic carboxylic acids is 1. The fourth-order valence-corrected chi connectivity index (χ4v) is 3.49. The van der Waals surface area contributed by atoms with E-state index in [-0.39, 0.29) is 15.6 Å². The van der Waals surface area contributed by atoms with E-state index < -0.39 is 27.8 Å². The lowest BCUT2D eigenvalue weighted by Crippen LogP contribution is -2.40. The highest BCUT2D eigenvalue weighted by Crippen LogP contribution is 2.27. The Morgan fingerprint density at radius 3 is 2.26 bits per heavy atom. The highest BCUT2D eigenvalue weighted by molar-refractivity contribution is 7.88. The van der Waals surface area contributed by atoms with Crippen molar-refractivity contribution in [2.24, 2.45) is 0 Å². The first-order chi connectivity index (χ1) is 8.66. The van der Waals surface area contributed by atoms with Crippen LogP contribution in [0.5, 0.6) is 0 Å². The van der Waals surface area contributed by atoms with Crippen LogP contribution in [0, 0.1) is 0 Å². The molecule has 1 N–H and O–H groups in total. The molecule has 0 aliphatic heterocycles. The van der Waals surface area contributed by atoms with Crippen LogP contribution in [-0.2, 0) is 20.6 Å². The van der Waals surface area contributed by atoms with Gasteiger partial charge in [-0.25, -0.2) is 8.42 Å². The molecule has 1 aromatic rings. The maximum atomic E-state index is 12.1. The predicted octanol–water partition coefficient (Wildman–Crippen LogP) is 2.23. The fraction of sp³-hybridized carbons (Fsp3) is 0.364. The number of likely N-dealkylation sites (N-methyl/N-ethyl adjacent to an activating group) is 1. The standard InChI is InChI=1S/C11H13Cl2NO4S/c1-7(11(15)16)14(2)19(17,18)6-8-9(12)4-3-5-10(8)13/h3-5,7H,6H2,1-2H3,(H,15,16). The van der Waals surface area contributed by atoms with E-state index in [9.17, 15) is 13.2 Å². The van der Waals surface area contributed by atoms with Crippen molar-refractivity contribution in [3.8, 4) is 0 Å². The average molecular weight is 326 g/mol. The summed E-state index contributed by atoms with van der Waals surface area (Å²) >= 11 is 11.8. The second-order valence-electron chi connectivity index (χ2n) is 3.99. The van der Waals surface area contributed by atoms with Crippen molar-refractivity contribution in [3.63, 3.8) is 0 Å². The zero-order valence-electron chi connectivity index (χ0n) is 10.3. The van der Waals surface area contributed by atoms with E-state index in [0.29, 0.717) is 0 Å². The molecule has 106 valence electrons. The highest BCUT2D eigenvalue weighted by Gasteiger charge is 2.29. The minimum atomic E-state index is -3.82. The Kier molecular flexibility index (Phi) is 5.20. The molecule has 0 saturated carbocycles. The molecular formula is C11H13Cl2NO4S. The summed E-state index contributed by atoms with van der Waals surface area (Å²) in [7, 11) is -2.61. The molecule has 0 aliphatic rings. The Balaban J connectivity index is 3.07. The van der Waals surface area contributed by atoms with E-state index in [0.717, 1.165) is 4.31 Å². The van der Waals surface area contributed by atoms with Gasteiger partial charge in [0, 0.05) is 22.7 Å². The topological polar surface area (TPSA) is 74.7 Å². The zero-order valence-corrected chi connectivity index (χ0v) is 12.6. The Labute approximate surface area is 121 Å². The molecule has 0 heterocycles. The molecule has 0 fully saturated rings. The second-order valence-corrected chi connectivity index (χ2v) is 6.83.